The van der Waals surface area contributed by atoms with Gasteiger partial charge >= 0.3 is 0 Å². The van der Waals surface area contributed by atoms with Crippen LogP contribution in [0.2, 0.25) is 0 Å². The van der Waals surface area contributed by atoms with Gasteiger partial charge in [-0.05, 0) is 48.4 Å². The highest BCUT2D eigenvalue weighted by atomic mass is 32.2. The number of pyridine rings is 1. The smallest absolute Gasteiger partial charge is 0.227 e. The highest BCUT2D eigenvalue weighted by Gasteiger charge is 2.26. The van der Waals surface area contributed by atoms with Gasteiger partial charge in [0.1, 0.15) is 5.82 Å². The second kappa shape index (κ2) is 6.92. The summed E-state index contributed by atoms with van der Waals surface area (Å²) < 4.78 is 12.9. The number of likely N-dealkylation sites (tertiary alicyclic amines) is 1. The van der Waals surface area contributed by atoms with Gasteiger partial charge in [-0.1, -0.05) is 0 Å². The minimum absolute atomic E-state index is 0.161. The van der Waals surface area contributed by atoms with E-state index in [0.717, 1.165) is 30.0 Å². The summed E-state index contributed by atoms with van der Waals surface area (Å²) in [5, 5.41) is 0.381. The molecule has 1 fully saturated rings. The highest BCUT2D eigenvalue weighted by Crippen LogP contribution is 2.30. The number of amides is 1. The summed E-state index contributed by atoms with van der Waals surface area (Å²) in [6.45, 7) is 1.55. The molecule has 3 nitrogen and oxygen atoms in total. The van der Waals surface area contributed by atoms with Crippen LogP contribution in [0.4, 0.5) is 4.39 Å². The summed E-state index contributed by atoms with van der Waals surface area (Å²) in [7, 11) is 0. The van der Waals surface area contributed by atoms with Crippen LogP contribution in [-0.4, -0.2) is 34.1 Å². The van der Waals surface area contributed by atoms with Crippen molar-refractivity contribution in [3.63, 3.8) is 0 Å². The van der Waals surface area contributed by atoms with Crippen molar-refractivity contribution in [3.8, 4) is 0 Å². The molecule has 0 spiro atoms. The van der Waals surface area contributed by atoms with Gasteiger partial charge in [0, 0.05) is 35.6 Å². The fourth-order valence-electron chi connectivity index (χ4n) is 2.54. The Labute approximate surface area is 133 Å². The van der Waals surface area contributed by atoms with E-state index in [1.54, 1.807) is 36.3 Å². The summed E-state index contributed by atoms with van der Waals surface area (Å²) in [5.41, 5.74) is 0.995. The number of nitrogens with zero attached hydrogens (tertiary/aromatic N) is 2. The molecule has 1 aromatic heterocycles. The van der Waals surface area contributed by atoms with Crippen LogP contribution < -0.4 is 0 Å². The van der Waals surface area contributed by atoms with Crippen molar-refractivity contribution in [1.29, 1.82) is 0 Å². The summed E-state index contributed by atoms with van der Waals surface area (Å²) in [6, 6.07) is 10.3. The van der Waals surface area contributed by atoms with Gasteiger partial charge < -0.3 is 4.90 Å². The first-order valence-corrected chi connectivity index (χ1v) is 8.17. The Bertz CT molecular complexity index is 633. The van der Waals surface area contributed by atoms with Gasteiger partial charge in [0.2, 0.25) is 5.91 Å². The Morgan fingerprint density at radius 3 is 2.68 bits per heavy atom. The van der Waals surface area contributed by atoms with Crippen LogP contribution in [0.25, 0.3) is 0 Å². The molecule has 22 heavy (non-hydrogen) atoms. The van der Waals surface area contributed by atoms with Gasteiger partial charge in [0.15, 0.2) is 0 Å². The Morgan fingerprint density at radius 2 is 1.95 bits per heavy atom. The van der Waals surface area contributed by atoms with E-state index in [4.69, 9.17) is 0 Å². The van der Waals surface area contributed by atoms with E-state index in [-0.39, 0.29) is 11.7 Å². The lowest BCUT2D eigenvalue weighted by Gasteiger charge is -2.16. The number of aromatic nitrogens is 1. The number of thioether (sulfide) groups is 1. The second-order valence-corrected chi connectivity index (χ2v) is 6.73. The first kappa shape index (κ1) is 15.0. The van der Waals surface area contributed by atoms with E-state index in [1.165, 1.54) is 12.1 Å². The molecule has 1 amide bonds. The zero-order valence-corrected chi connectivity index (χ0v) is 12.9. The quantitative estimate of drug-likeness (QED) is 0.869. The predicted octanol–water partition coefficient (Wildman–Crippen LogP) is 3.16. The molecule has 1 aliphatic heterocycles. The van der Waals surface area contributed by atoms with Crippen molar-refractivity contribution in [2.24, 2.45) is 0 Å². The van der Waals surface area contributed by atoms with Crippen LogP contribution in [0.3, 0.4) is 0 Å². The summed E-state index contributed by atoms with van der Waals surface area (Å²) in [6.07, 6.45) is 4.82. The molecule has 0 bridgehead atoms. The third kappa shape index (κ3) is 3.85. The number of carbonyl (C=O) groups excluding carboxylic acids is 1. The van der Waals surface area contributed by atoms with Crippen LogP contribution in [-0.2, 0) is 11.2 Å². The van der Waals surface area contributed by atoms with Gasteiger partial charge in [-0.2, -0.15) is 0 Å². The third-order valence-electron chi connectivity index (χ3n) is 3.72. The topological polar surface area (TPSA) is 33.2 Å². The number of hydrogen-bond donors (Lipinski definition) is 0. The fourth-order valence-corrected chi connectivity index (χ4v) is 3.70. The molecule has 0 aliphatic carbocycles. The SMILES string of the molecule is O=C(Cc1ccncc1)N1CCC(Sc2ccc(F)cc2)C1. The minimum atomic E-state index is -0.218. The molecule has 1 aliphatic rings. The standard InChI is InChI=1S/C17H17FN2OS/c18-14-1-3-15(4-2-14)22-16-7-10-20(12-16)17(21)11-13-5-8-19-9-6-13/h1-6,8-9,16H,7,10-12H2. The Morgan fingerprint density at radius 1 is 1.23 bits per heavy atom. The number of benzene rings is 1. The van der Waals surface area contributed by atoms with E-state index in [0.29, 0.717) is 11.7 Å². The summed E-state index contributed by atoms with van der Waals surface area (Å²) in [4.78, 5) is 19.2. The Balaban J connectivity index is 1.53. The van der Waals surface area contributed by atoms with E-state index in [2.05, 4.69) is 4.98 Å². The monoisotopic (exact) mass is 316 g/mol. The average molecular weight is 316 g/mol. The Kier molecular flexibility index (Phi) is 4.73. The van der Waals surface area contributed by atoms with Gasteiger partial charge in [-0.3, -0.25) is 9.78 Å². The minimum Gasteiger partial charge on any atom is -0.341 e. The molecule has 1 saturated heterocycles. The molecule has 5 heteroatoms. The third-order valence-corrected chi connectivity index (χ3v) is 4.98. The van der Waals surface area contributed by atoms with E-state index < -0.39 is 0 Å². The van der Waals surface area contributed by atoms with E-state index >= 15 is 0 Å². The first-order valence-electron chi connectivity index (χ1n) is 7.29. The molecule has 0 N–H and O–H groups in total. The van der Waals surface area contributed by atoms with Gasteiger partial charge in [0.05, 0.1) is 6.42 Å². The molecule has 1 atom stereocenters. The molecule has 114 valence electrons. The van der Waals surface area contributed by atoms with Crippen molar-refractivity contribution in [3.05, 3.63) is 60.2 Å². The normalized spacial score (nSPS) is 17.7. The van der Waals surface area contributed by atoms with Crippen LogP contribution >= 0.6 is 11.8 Å². The van der Waals surface area contributed by atoms with Crippen molar-refractivity contribution in [1.82, 2.24) is 9.88 Å². The van der Waals surface area contributed by atoms with Crippen LogP contribution in [0.1, 0.15) is 12.0 Å². The van der Waals surface area contributed by atoms with E-state index in [9.17, 15) is 9.18 Å². The molecule has 1 unspecified atom stereocenters. The number of hydrogen-bond acceptors (Lipinski definition) is 3. The molecular formula is C17H17FN2OS. The maximum atomic E-state index is 12.9. The number of carbonyl (C=O) groups is 1. The summed E-state index contributed by atoms with van der Waals surface area (Å²) in [5.74, 6) is -0.0571. The molecule has 3 rings (SSSR count). The zero-order valence-electron chi connectivity index (χ0n) is 12.1. The first-order chi connectivity index (χ1) is 10.7. The maximum absolute atomic E-state index is 12.9. The zero-order chi connectivity index (χ0) is 15.4. The fraction of sp³-hybridized carbons (Fsp3) is 0.294. The lowest BCUT2D eigenvalue weighted by molar-refractivity contribution is -0.129. The molecular weight excluding hydrogens is 299 g/mol. The number of rotatable bonds is 4. The summed E-state index contributed by atoms with van der Waals surface area (Å²) >= 11 is 1.72. The lowest BCUT2D eigenvalue weighted by Crippen LogP contribution is -2.30. The Hall–Kier alpha value is -1.88. The lowest BCUT2D eigenvalue weighted by atomic mass is 10.2. The molecule has 0 saturated carbocycles. The molecule has 0 radical (unpaired) electrons. The average Bonchev–Trinajstić information content (AvgIpc) is 2.99. The number of halogens is 1. The highest BCUT2D eigenvalue weighted by molar-refractivity contribution is 8.00. The van der Waals surface area contributed by atoms with Gasteiger partial charge in [0.25, 0.3) is 0 Å². The second-order valence-electron chi connectivity index (χ2n) is 5.35. The molecule has 2 aromatic rings. The van der Waals surface area contributed by atoms with Crippen molar-refractivity contribution in [2.45, 2.75) is 23.0 Å². The van der Waals surface area contributed by atoms with Crippen LogP contribution in [0.15, 0.2) is 53.7 Å². The van der Waals surface area contributed by atoms with Gasteiger partial charge in [-0.25, -0.2) is 4.39 Å². The van der Waals surface area contributed by atoms with Gasteiger partial charge in [-0.15, -0.1) is 11.8 Å². The van der Waals surface area contributed by atoms with Crippen LogP contribution in [0, 0.1) is 5.82 Å². The molecule has 1 aromatic carbocycles. The van der Waals surface area contributed by atoms with Crippen molar-refractivity contribution in [2.75, 3.05) is 13.1 Å². The van der Waals surface area contributed by atoms with Crippen molar-refractivity contribution >= 4 is 17.7 Å². The van der Waals surface area contributed by atoms with Crippen molar-refractivity contribution < 1.29 is 9.18 Å². The largest absolute Gasteiger partial charge is 0.341 e. The van der Waals surface area contributed by atoms with E-state index in [1.807, 2.05) is 17.0 Å². The maximum Gasteiger partial charge on any atom is 0.227 e. The predicted molar refractivity (Wildman–Crippen MR) is 85.2 cm³/mol. The molecule has 2 heterocycles. The van der Waals surface area contributed by atoms with Crippen LogP contribution in [0.5, 0.6) is 0 Å².